The Bertz CT molecular complexity index is 830. The molecule has 2 aromatic rings. The van der Waals surface area contributed by atoms with Gasteiger partial charge in [0.1, 0.15) is 11.6 Å². The third-order valence-electron chi connectivity index (χ3n) is 3.01. The average Bonchev–Trinajstić information content (AvgIpc) is 2.54. The van der Waals surface area contributed by atoms with Crippen LogP contribution < -0.4 is 15.0 Å². The molecule has 0 atom stereocenters. The van der Waals surface area contributed by atoms with E-state index in [0.29, 0.717) is 33.8 Å². The van der Waals surface area contributed by atoms with E-state index in [1.165, 1.54) is 18.9 Å². The molecule has 0 bridgehead atoms. The maximum Gasteiger partial charge on any atom is 0.270 e. The van der Waals surface area contributed by atoms with Gasteiger partial charge in [0.2, 0.25) is 0 Å². The maximum absolute atomic E-state index is 12.0. The summed E-state index contributed by atoms with van der Waals surface area (Å²) in [6, 6.07) is 5.07. The van der Waals surface area contributed by atoms with Gasteiger partial charge in [-0.3, -0.25) is 4.79 Å². The number of ether oxygens (including phenoxy) is 2. The van der Waals surface area contributed by atoms with Crippen LogP contribution in [0, 0.1) is 11.3 Å². The number of H-pyrrole nitrogens is 1. The molecule has 0 radical (unpaired) electrons. The van der Waals surface area contributed by atoms with Crippen molar-refractivity contribution in [3.8, 4) is 28.8 Å². The molecule has 1 N–H and O–H groups in total. The highest BCUT2D eigenvalue weighted by Crippen LogP contribution is 2.38. The lowest BCUT2D eigenvalue weighted by Gasteiger charge is -2.13. The molecule has 0 unspecified atom stereocenters. The van der Waals surface area contributed by atoms with Gasteiger partial charge in [0.25, 0.3) is 5.56 Å². The highest BCUT2D eigenvalue weighted by Gasteiger charge is 2.19. The normalized spacial score (nSPS) is 10.2. The van der Waals surface area contributed by atoms with Gasteiger partial charge in [-0.25, -0.2) is 4.98 Å². The predicted octanol–water partition coefficient (Wildman–Crippen LogP) is 3.09. The number of rotatable bonds is 5. The van der Waals surface area contributed by atoms with E-state index in [0.717, 1.165) is 0 Å². The van der Waals surface area contributed by atoms with Gasteiger partial charge in [-0.1, -0.05) is 23.4 Å². The van der Waals surface area contributed by atoms with Crippen molar-refractivity contribution in [1.29, 1.82) is 5.26 Å². The Morgan fingerprint density at radius 3 is 2.74 bits per heavy atom. The van der Waals surface area contributed by atoms with Crippen molar-refractivity contribution in [1.82, 2.24) is 9.97 Å². The lowest BCUT2D eigenvalue weighted by atomic mass is 10.1. The highest BCUT2D eigenvalue weighted by molar-refractivity contribution is 7.98. The van der Waals surface area contributed by atoms with Gasteiger partial charge in [-0.15, -0.1) is 0 Å². The zero-order valence-electron chi connectivity index (χ0n) is 12.8. The summed E-state index contributed by atoms with van der Waals surface area (Å²) in [4.78, 5) is 18.9. The van der Waals surface area contributed by atoms with Gasteiger partial charge in [0.05, 0.1) is 24.4 Å². The summed E-state index contributed by atoms with van der Waals surface area (Å²) in [6.07, 6.45) is 1.77. The van der Waals surface area contributed by atoms with E-state index < -0.39 is 5.56 Å². The molecular weight excluding hydrogens is 338 g/mol. The van der Waals surface area contributed by atoms with Crippen LogP contribution in [0.3, 0.4) is 0 Å². The average molecular weight is 352 g/mol. The Kier molecular flexibility index (Phi) is 5.53. The number of thioether (sulfide) groups is 1. The highest BCUT2D eigenvalue weighted by atomic mass is 35.5. The second-order valence-corrected chi connectivity index (χ2v) is 5.53. The molecule has 2 rings (SSSR count). The Labute approximate surface area is 142 Å². The van der Waals surface area contributed by atoms with Crippen LogP contribution in [0.25, 0.3) is 11.3 Å². The number of hydrogen-bond donors (Lipinski definition) is 1. The quantitative estimate of drug-likeness (QED) is 0.657. The summed E-state index contributed by atoms with van der Waals surface area (Å²) in [5.74, 6) is 0.931. The topological polar surface area (TPSA) is 88.0 Å². The molecule has 1 aromatic heterocycles. The monoisotopic (exact) mass is 351 g/mol. The van der Waals surface area contributed by atoms with Crippen LogP contribution in [0.1, 0.15) is 12.5 Å². The maximum atomic E-state index is 12.0. The zero-order valence-corrected chi connectivity index (χ0v) is 14.3. The molecule has 0 amide bonds. The van der Waals surface area contributed by atoms with Crippen molar-refractivity contribution < 1.29 is 9.47 Å². The molecule has 8 heteroatoms. The van der Waals surface area contributed by atoms with Crippen molar-refractivity contribution >= 4 is 23.4 Å². The van der Waals surface area contributed by atoms with Gasteiger partial charge >= 0.3 is 0 Å². The third-order valence-corrected chi connectivity index (χ3v) is 3.90. The molecule has 1 aromatic carbocycles. The van der Waals surface area contributed by atoms with Crippen molar-refractivity contribution in [2.45, 2.75) is 12.1 Å². The number of halogens is 1. The van der Waals surface area contributed by atoms with Crippen LogP contribution in [0.5, 0.6) is 11.5 Å². The third kappa shape index (κ3) is 3.44. The molecule has 0 aliphatic carbocycles. The van der Waals surface area contributed by atoms with Crippen molar-refractivity contribution in [2.75, 3.05) is 20.0 Å². The fourth-order valence-electron chi connectivity index (χ4n) is 1.99. The molecule has 0 aliphatic rings. The Hall–Kier alpha value is -2.17. The first kappa shape index (κ1) is 17.2. The smallest absolute Gasteiger partial charge is 0.270 e. The molecule has 0 fully saturated rings. The van der Waals surface area contributed by atoms with E-state index in [9.17, 15) is 10.1 Å². The van der Waals surface area contributed by atoms with Gasteiger partial charge in [-0.2, -0.15) is 5.26 Å². The summed E-state index contributed by atoms with van der Waals surface area (Å²) < 4.78 is 10.7. The first-order valence-corrected chi connectivity index (χ1v) is 8.25. The van der Waals surface area contributed by atoms with Gasteiger partial charge in [0.15, 0.2) is 16.7 Å². The number of benzene rings is 1. The Morgan fingerprint density at radius 1 is 1.43 bits per heavy atom. The van der Waals surface area contributed by atoms with E-state index in [1.54, 1.807) is 18.4 Å². The molecule has 1 heterocycles. The van der Waals surface area contributed by atoms with E-state index in [4.69, 9.17) is 21.1 Å². The Balaban J connectivity index is 2.74. The van der Waals surface area contributed by atoms with Gasteiger partial charge < -0.3 is 14.5 Å². The van der Waals surface area contributed by atoms with Crippen LogP contribution >= 0.6 is 23.4 Å². The van der Waals surface area contributed by atoms with E-state index >= 15 is 0 Å². The standard InChI is InChI=1S/C15H14ClN3O3S/c1-4-22-12-6-10(16)8(5-11(12)21-2)13-9(7-17)14(20)19-15(18-13)23-3/h5-6H,4H2,1-3H3,(H,18,19,20). The number of hydrogen-bond acceptors (Lipinski definition) is 6. The molecule has 0 spiro atoms. The predicted molar refractivity (Wildman–Crippen MR) is 89.5 cm³/mol. The summed E-state index contributed by atoms with van der Waals surface area (Å²) in [6.45, 7) is 2.30. The van der Waals surface area contributed by atoms with Crippen LogP contribution in [0.15, 0.2) is 22.1 Å². The van der Waals surface area contributed by atoms with Crippen LogP contribution in [-0.2, 0) is 0 Å². The molecule has 23 heavy (non-hydrogen) atoms. The van der Waals surface area contributed by atoms with E-state index in [1.807, 2.05) is 13.0 Å². The fraction of sp³-hybridized carbons (Fsp3) is 0.267. The van der Waals surface area contributed by atoms with Crippen molar-refractivity contribution in [3.63, 3.8) is 0 Å². The SMILES string of the molecule is CCOc1cc(Cl)c(-c2nc(SC)[nH]c(=O)c2C#N)cc1OC. The van der Waals surface area contributed by atoms with Crippen LogP contribution in [0.4, 0.5) is 0 Å². The minimum Gasteiger partial charge on any atom is -0.493 e. The minimum atomic E-state index is -0.509. The number of nitrogens with zero attached hydrogens (tertiary/aromatic N) is 2. The lowest BCUT2D eigenvalue weighted by molar-refractivity contribution is 0.311. The number of nitrogens with one attached hydrogen (secondary N) is 1. The summed E-state index contributed by atoms with van der Waals surface area (Å²) in [5.41, 5.74) is 0.0403. The van der Waals surface area contributed by atoms with Crippen LogP contribution in [0.2, 0.25) is 5.02 Å². The molecular formula is C15H14ClN3O3S. The summed E-state index contributed by atoms with van der Waals surface area (Å²) >= 11 is 7.56. The number of methoxy groups -OCH3 is 1. The Morgan fingerprint density at radius 2 is 2.17 bits per heavy atom. The molecule has 6 nitrogen and oxygen atoms in total. The number of aromatic amines is 1. The van der Waals surface area contributed by atoms with Gasteiger partial charge in [-0.05, 0) is 19.2 Å². The summed E-state index contributed by atoms with van der Waals surface area (Å²) in [5, 5.41) is 9.98. The second kappa shape index (κ2) is 7.40. The molecule has 0 saturated heterocycles. The molecule has 120 valence electrons. The first-order valence-electron chi connectivity index (χ1n) is 6.64. The largest absolute Gasteiger partial charge is 0.493 e. The minimum absolute atomic E-state index is 0.101. The lowest BCUT2D eigenvalue weighted by Crippen LogP contribution is -2.14. The van der Waals surface area contributed by atoms with Crippen molar-refractivity contribution in [2.24, 2.45) is 0 Å². The summed E-state index contributed by atoms with van der Waals surface area (Å²) in [7, 11) is 1.50. The molecule has 0 saturated carbocycles. The zero-order chi connectivity index (χ0) is 17.0. The second-order valence-electron chi connectivity index (χ2n) is 4.33. The van der Waals surface area contributed by atoms with E-state index in [-0.39, 0.29) is 11.3 Å². The van der Waals surface area contributed by atoms with Crippen molar-refractivity contribution in [3.05, 3.63) is 33.1 Å². The first-order chi connectivity index (χ1) is 11.0. The molecule has 0 aliphatic heterocycles. The van der Waals surface area contributed by atoms with Gasteiger partial charge in [0, 0.05) is 11.6 Å². The number of nitriles is 1. The van der Waals surface area contributed by atoms with E-state index in [2.05, 4.69) is 9.97 Å². The number of aromatic nitrogens is 2. The fourth-order valence-corrected chi connectivity index (χ4v) is 2.61. The van der Waals surface area contributed by atoms with Crippen LogP contribution in [-0.4, -0.2) is 29.9 Å².